The van der Waals surface area contributed by atoms with Crippen LogP contribution in [-0.2, 0) is 11.3 Å². The van der Waals surface area contributed by atoms with Crippen LogP contribution in [0.5, 0.6) is 11.5 Å². The number of rotatable bonds is 9. The first-order valence-corrected chi connectivity index (χ1v) is 8.21. The first kappa shape index (κ1) is 21.5. The molecule has 0 heterocycles. The van der Waals surface area contributed by atoms with Crippen LogP contribution in [0.2, 0.25) is 0 Å². The quantitative estimate of drug-likeness (QED) is 0.511. The molecule has 0 aliphatic heterocycles. The Kier molecular flexibility index (Phi) is 9.18. The minimum absolute atomic E-state index is 0.0313. The Hall–Kier alpha value is -2.58. The molecule has 0 unspecified atom stereocenters. The van der Waals surface area contributed by atoms with E-state index in [1.165, 1.54) is 24.1 Å². The number of hydrogen-bond donors (Lipinski definition) is 2. The first-order valence-electron chi connectivity index (χ1n) is 8.21. The lowest BCUT2D eigenvalue weighted by Gasteiger charge is -2.15. The third-order valence-electron chi connectivity index (χ3n) is 3.34. The maximum absolute atomic E-state index is 12.6. The topological polar surface area (TPSA) is 75.2 Å². The van der Waals surface area contributed by atoms with Gasteiger partial charge in [-0.25, -0.2) is 4.99 Å². The van der Waals surface area contributed by atoms with Gasteiger partial charge < -0.3 is 25.0 Å². The van der Waals surface area contributed by atoms with Crippen LogP contribution in [0.25, 0.3) is 0 Å². The Balaban J connectivity index is 2.93. The van der Waals surface area contributed by atoms with Crippen LogP contribution in [0.3, 0.4) is 0 Å². The lowest BCUT2D eigenvalue weighted by Crippen LogP contribution is -2.43. The fourth-order valence-electron chi connectivity index (χ4n) is 1.92. The van der Waals surface area contributed by atoms with Crippen LogP contribution in [0.1, 0.15) is 18.9 Å². The normalized spacial score (nSPS) is 11.3. The number of carbonyl (C=O) groups excluding carboxylic acids is 1. The molecule has 0 spiro atoms. The fraction of sp³-hybridized carbons (Fsp3) is 0.529. The molecule has 1 rings (SSSR count). The average molecular weight is 372 g/mol. The Morgan fingerprint density at radius 1 is 1.31 bits per heavy atom. The number of likely N-dealkylation sites (N-methyl/N-ethyl adjacent to an activating group) is 1. The number of carbonyl (C=O) groups is 1. The Morgan fingerprint density at radius 3 is 2.62 bits per heavy atom. The second-order valence-electron chi connectivity index (χ2n) is 5.59. The van der Waals surface area contributed by atoms with Gasteiger partial charge in [0.2, 0.25) is 5.91 Å². The zero-order valence-electron chi connectivity index (χ0n) is 15.5. The number of guanidine groups is 1. The van der Waals surface area contributed by atoms with E-state index < -0.39 is 6.61 Å². The van der Waals surface area contributed by atoms with Crippen molar-refractivity contribution in [2.24, 2.45) is 4.99 Å². The molecule has 0 atom stereocenters. The number of nitrogens with zero attached hydrogens (tertiary/aromatic N) is 2. The molecule has 146 valence electrons. The van der Waals surface area contributed by atoms with Crippen LogP contribution in [0, 0.1) is 0 Å². The molecule has 0 bridgehead atoms. The Bertz CT molecular complexity index is 610. The van der Waals surface area contributed by atoms with E-state index in [1.54, 1.807) is 20.2 Å². The number of benzene rings is 1. The Morgan fingerprint density at radius 2 is 2.04 bits per heavy atom. The average Bonchev–Trinajstić information content (AvgIpc) is 2.61. The van der Waals surface area contributed by atoms with E-state index in [0.717, 1.165) is 6.42 Å². The highest BCUT2D eigenvalue weighted by molar-refractivity contribution is 5.86. The summed E-state index contributed by atoms with van der Waals surface area (Å²) in [5.41, 5.74) is 0.446. The second kappa shape index (κ2) is 11.1. The highest BCUT2D eigenvalue weighted by atomic mass is 19.3. The number of methoxy groups -OCH3 is 1. The van der Waals surface area contributed by atoms with Gasteiger partial charge in [0.05, 0.1) is 20.2 Å². The molecule has 7 nitrogen and oxygen atoms in total. The molecule has 0 aliphatic rings. The van der Waals surface area contributed by atoms with Gasteiger partial charge in [-0.05, 0) is 24.6 Å². The number of nitrogens with one attached hydrogen (secondary N) is 2. The van der Waals surface area contributed by atoms with Gasteiger partial charge in [0, 0.05) is 26.2 Å². The van der Waals surface area contributed by atoms with Gasteiger partial charge in [-0.15, -0.1) is 0 Å². The predicted octanol–water partition coefficient (Wildman–Crippen LogP) is 1.83. The van der Waals surface area contributed by atoms with Crippen molar-refractivity contribution in [2.75, 3.05) is 34.3 Å². The molecule has 2 N–H and O–H groups in total. The maximum atomic E-state index is 12.6. The van der Waals surface area contributed by atoms with Crippen molar-refractivity contribution in [1.29, 1.82) is 0 Å². The summed E-state index contributed by atoms with van der Waals surface area (Å²) in [7, 11) is 4.80. The minimum atomic E-state index is -2.93. The van der Waals surface area contributed by atoms with Gasteiger partial charge in [0.15, 0.2) is 5.96 Å². The molecule has 0 fully saturated rings. The van der Waals surface area contributed by atoms with Crippen LogP contribution in [-0.4, -0.2) is 57.7 Å². The van der Waals surface area contributed by atoms with Crippen LogP contribution in [0.4, 0.5) is 8.78 Å². The molecule has 9 heteroatoms. The van der Waals surface area contributed by atoms with E-state index in [2.05, 4.69) is 20.4 Å². The molecule has 0 saturated heterocycles. The van der Waals surface area contributed by atoms with Crippen molar-refractivity contribution in [3.8, 4) is 11.5 Å². The summed E-state index contributed by atoms with van der Waals surface area (Å²) in [5.74, 6) is 0.839. The number of halogens is 2. The molecule has 0 aliphatic carbocycles. The summed E-state index contributed by atoms with van der Waals surface area (Å²) >= 11 is 0. The van der Waals surface area contributed by atoms with Gasteiger partial charge in [-0.2, -0.15) is 8.78 Å². The number of hydrogen-bond acceptors (Lipinski definition) is 4. The van der Waals surface area contributed by atoms with Gasteiger partial charge in [-0.1, -0.05) is 6.92 Å². The molecule has 1 aromatic carbocycles. The van der Waals surface area contributed by atoms with Crippen molar-refractivity contribution in [2.45, 2.75) is 26.5 Å². The van der Waals surface area contributed by atoms with E-state index >= 15 is 0 Å². The summed E-state index contributed by atoms with van der Waals surface area (Å²) in [5, 5.41) is 5.99. The van der Waals surface area contributed by atoms with Gasteiger partial charge in [0.25, 0.3) is 0 Å². The van der Waals surface area contributed by atoms with Crippen molar-refractivity contribution in [1.82, 2.24) is 15.5 Å². The van der Waals surface area contributed by atoms with Crippen LogP contribution < -0.4 is 20.1 Å². The molecular formula is C17H26F2N4O3. The lowest BCUT2D eigenvalue weighted by atomic mass is 10.2. The third kappa shape index (κ3) is 7.54. The minimum Gasteiger partial charge on any atom is -0.497 e. The number of alkyl halides is 2. The summed E-state index contributed by atoms with van der Waals surface area (Å²) < 4.78 is 34.8. The Labute approximate surface area is 152 Å². The number of ether oxygens (including phenoxy) is 2. The smallest absolute Gasteiger partial charge is 0.387 e. The standard InChI is InChI=1S/C17H26F2N4O3/c1-5-8-20-17(22-11-15(24)23(2)3)21-10-12-9-13(25-4)6-7-14(12)26-16(18)19/h6-7,9,16H,5,8,10-11H2,1-4H3,(H2,20,21,22). The molecular weight excluding hydrogens is 346 g/mol. The molecule has 1 aromatic rings. The molecule has 26 heavy (non-hydrogen) atoms. The van der Waals surface area contributed by atoms with Gasteiger partial charge in [-0.3, -0.25) is 4.79 Å². The summed E-state index contributed by atoms with van der Waals surface area (Å²) in [6, 6.07) is 4.54. The molecule has 0 radical (unpaired) electrons. The highest BCUT2D eigenvalue weighted by Gasteiger charge is 2.12. The van der Waals surface area contributed by atoms with E-state index in [1.807, 2.05) is 6.92 Å². The molecule has 0 saturated carbocycles. The van der Waals surface area contributed by atoms with E-state index in [-0.39, 0.29) is 24.7 Å². The summed E-state index contributed by atoms with van der Waals surface area (Å²) in [4.78, 5) is 17.5. The van der Waals surface area contributed by atoms with Crippen LogP contribution in [0.15, 0.2) is 23.2 Å². The highest BCUT2D eigenvalue weighted by Crippen LogP contribution is 2.26. The number of aliphatic imine (C=N–C) groups is 1. The maximum Gasteiger partial charge on any atom is 0.387 e. The summed E-state index contributed by atoms with van der Waals surface area (Å²) in [6.07, 6.45) is 0.862. The zero-order chi connectivity index (χ0) is 19.5. The zero-order valence-corrected chi connectivity index (χ0v) is 15.5. The largest absolute Gasteiger partial charge is 0.497 e. The van der Waals surface area contributed by atoms with Crippen molar-refractivity contribution in [3.63, 3.8) is 0 Å². The number of amides is 1. The van der Waals surface area contributed by atoms with Crippen LogP contribution >= 0.6 is 0 Å². The van der Waals surface area contributed by atoms with E-state index in [4.69, 9.17) is 4.74 Å². The fourth-order valence-corrected chi connectivity index (χ4v) is 1.92. The predicted molar refractivity (Wildman–Crippen MR) is 95.8 cm³/mol. The molecule has 0 aromatic heterocycles. The van der Waals surface area contributed by atoms with E-state index in [0.29, 0.717) is 23.8 Å². The van der Waals surface area contributed by atoms with Crippen molar-refractivity contribution < 1.29 is 23.0 Å². The monoisotopic (exact) mass is 372 g/mol. The van der Waals surface area contributed by atoms with Crippen molar-refractivity contribution in [3.05, 3.63) is 23.8 Å². The second-order valence-corrected chi connectivity index (χ2v) is 5.59. The summed E-state index contributed by atoms with van der Waals surface area (Å²) in [6.45, 7) is -0.137. The third-order valence-corrected chi connectivity index (χ3v) is 3.34. The SMILES string of the molecule is CCCNC(=NCc1cc(OC)ccc1OC(F)F)NCC(=O)N(C)C. The van der Waals surface area contributed by atoms with Crippen molar-refractivity contribution >= 4 is 11.9 Å². The first-order chi connectivity index (χ1) is 12.4. The molecule has 1 amide bonds. The van der Waals surface area contributed by atoms with Gasteiger partial charge >= 0.3 is 6.61 Å². The van der Waals surface area contributed by atoms with E-state index in [9.17, 15) is 13.6 Å². The lowest BCUT2D eigenvalue weighted by molar-refractivity contribution is -0.127. The van der Waals surface area contributed by atoms with Gasteiger partial charge in [0.1, 0.15) is 11.5 Å².